The van der Waals surface area contributed by atoms with Gasteiger partial charge in [-0.05, 0) is 25.0 Å². The van der Waals surface area contributed by atoms with E-state index >= 15 is 0 Å². The van der Waals surface area contributed by atoms with Crippen LogP contribution in [0, 0.1) is 16.0 Å². The molecule has 1 saturated heterocycles. The second-order valence-electron chi connectivity index (χ2n) is 7.17. The molecule has 4 rings (SSSR count). The molecule has 0 spiro atoms. The van der Waals surface area contributed by atoms with Crippen LogP contribution in [0.1, 0.15) is 28.8 Å². The number of hydrogen-bond donors (Lipinski definition) is 1. The molecular weight excluding hydrogens is 418 g/mol. The second-order valence-corrected chi connectivity index (χ2v) is 8.01. The third-order valence-corrected chi connectivity index (χ3v) is 5.80. The molecule has 158 valence electrons. The molecule has 1 aromatic heterocycles. The van der Waals surface area contributed by atoms with Crippen LogP contribution in [0.15, 0.2) is 54.0 Å². The molecule has 1 N–H and O–H groups in total. The number of nitrogens with zero attached hydrogens (tertiary/aromatic N) is 4. The normalized spacial score (nSPS) is 16.0. The predicted octanol–water partition coefficient (Wildman–Crippen LogP) is 3.53. The molecule has 1 amide bonds. The van der Waals surface area contributed by atoms with Crippen molar-refractivity contribution in [3.8, 4) is 0 Å². The zero-order valence-electron chi connectivity index (χ0n) is 16.4. The van der Waals surface area contributed by atoms with Crippen molar-refractivity contribution in [2.45, 2.75) is 12.8 Å². The van der Waals surface area contributed by atoms with Crippen molar-refractivity contribution >= 4 is 39.5 Å². The van der Waals surface area contributed by atoms with Crippen molar-refractivity contribution in [1.29, 1.82) is 0 Å². The molecular formula is C21H19N5O4S. The summed E-state index contributed by atoms with van der Waals surface area (Å²) >= 11 is 1.23. The molecule has 0 bridgehead atoms. The fourth-order valence-electron chi connectivity index (χ4n) is 3.68. The number of hydrogen-bond acceptors (Lipinski definition) is 8. The minimum atomic E-state index is -0.484. The SMILES string of the molecule is O=C(c1ccccc1)c1ccc(N2CCC[C@@H](C(=O)Nc3nncs3)C2)c([N+](=O)[O-])c1. The average Bonchev–Trinajstić information content (AvgIpc) is 3.32. The van der Waals surface area contributed by atoms with Crippen molar-refractivity contribution < 1.29 is 14.5 Å². The number of carbonyl (C=O) groups excluding carboxylic acids is 2. The quantitative estimate of drug-likeness (QED) is 0.356. The van der Waals surface area contributed by atoms with Crippen molar-refractivity contribution in [3.05, 3.63) is 75.3 Å². The second kappa shape index (κ2) is 9.00. The first kappa shape index (κ1) is 20.6. The van der Waals surface area contributed by atoms with Crippen LogP contribution in [-0.4, -0.2) is 39.9 Å². The lowest BCUT2D eigenvalue weighted by atomic mass is 9.96. The lowest BCUT2D eigenvalue weighted by Gasteiger charge is -2.33. The van der Waals surface area contributed by atoms with Crippen LogP contribution in [0.4, 0.5) is 16.5 Å². The van der Waals surface area contributed by atoms with E-state index in [9.17, 15) is 19.7 Å². The van der Waals surface area contributed by atoms with Gasteiger partial charge < -0.3 is 10.2 Å². The number of nitrogens with one attached hydrogen (secondary N) is 1. The summed E-state index contributed by atoms with van der Waals surface area (Å²) in [5, 5.41) is 22.5. The summed E-state index contributed by atoms with van der Waals surface area (Å²) < 4.78 is 0. The smallest absolute Gasteiger partial charge is 0.293 e. The van der Waals surface area contributed by atoms with Crippen LogP contribution in [0.5, 0.6) is 0 Å². The first-order valence-corrected chi connectivity index (χ1v) is 10.6. The summed E-state index contributed by atoms with van der Waals surface area (Å²) in [5.74, 6) is -0.786. The minimum absolute atomic E-state index is 0.146. The van der Waals surface area contributed by atoms with E-state index in [1.807, 2.05) is 4.90 Å². The highest BCUT2D eigenvalue weighted by Gasteiger charge is 2.30. The Hall–Kier alpha value is -3.66. The van der Waals surface area contributed by atoms with Crippen molar-refractivity contribution in [2.75, 3.05) is 23.3 Å². The number of aromatic nitrogens is 2. The highest BCUT2D eigenvalue weighted by Crippen LogP contribution is 2.33. The van der Waals surface area contributed by atoms with E-state index in [1.165, 1.54) is 22.9 Å². The van der Waals surface area contributed by atoms with Crippen LogP contribution in [-0.2, 0) is 4.79 Å². The third-order valence-electron chi connectivity index (χ3n) is 5.19. The van der Waals surface area contributed by atoms with Crippen LogP contribution in [0.25, 0.3) is 0 Å². The highest BCUT2D eigenvalue weighted by molar-refractivity contribution is 7.13. The molecule has 2 heterocycles. The highest BCUT2D eigenvalue weighted by atomic mass is 32.1. The number of nitro benzene ring substituents is 1. The van der Waals surface area contributed by atoms with E-state index in [1.54, 1.807) is 42.5 Å². The van der Waals surface area contributed by atoms with Gasteiger partial charge in [-0.3, -0.25) is 19.7 Å². The number of nitro groups is 1. The van der Waals surface area contributed by atoms with E-state index in [0.29, 0.717) is 35.9 Å². The number of ketones is 1. The number of anilines is 2. The van der Waals surface area contributed by atoms with Crippen LogP contribution >= 0.6 is 11.3 Å². The first-order chi connectivity index (χ1) is 15.0. The molecule has 1 atom stereocenters. The van der Waals surface area contributed by atoms with Crippen molar-refractivity contribution in [3.63, 3.8) is 0 Å². The Kier molecular flexibility index (Phi) is 5.99. The molecule has 0 unspecified atom stereocenters. The van der Waals surface area contributed by atoms with Gasteiger partial charge in [-0.2, -0.15) is 0 Å². The van der Waals surface area contributed by atoms with E-state index in [0.717, 1.165) is 6.42 Å². The Morgan fingerprint density at radius 2 is 1.97 bits per heavy atom. The standard InChI is InChI=1S/C21H19N5O4S/c27-19(14-5-2-1-3-6-14)15-8-9-17(18(11-15)26(29)30)25-10-4-7-16(12-25)20(28)23-21-24-22-13-31-21/h1-3,5-6,8-9,11,13,16H,4,7,10,12H2,(H,23,24,28)/t16-/m1/s1. The Morgan fingerprint density at radius 3 is 2.68 bits per heavy atom. The Labute approximate surface area is 181 Å². The van der Waals surface area contributed by atoms with Crippen molar-refractivity contribution in [1.82, 2.24) is 10.2 Å². The maximum atomic E-state index is 12.7. The van der Waals surface area contributed by atoms with Gasteiger partial charge >= 0.3 is 0 Å². The lowest BCUT2D eigenvalue weighted by molar-refractivity contribution is -0.384. The van der Waals surface area contributed by atoms with E-state index < -0.39 is 4.92 Å². The van der Waals surface area contributed by atoms with Gasteiger partial charge in [0.1, 0.15) is 11.2 Å². The molecule has 9 nitrogen and oxygen atoms in total. The molecule has 1 fully saturated rings. The largest absolute Gasteiger partial charge is 0.365 e. The molecule has 0 aliphatic carbocycles. The number of carbonyl (C=O) groups is 2. The monoisotopic (exact) mass is 437 g/mol. The minimum Gasteiger partial charge on any atom is -0.365 e. The van der Waals surface area contributed by atoms with Crippen LogP contribution < -0.4 is 10.2 Å². The van der Waals surface area contributed by atoms with Gasteiger partial charge in [0, 0.05) is 30.3 Å². The zero-order chi connectivity index (χ0) is 21.8. The summed E-state index contributed by atoms with van der Waals surface area (Å²) in [7, 11) is 0. The number of rotatable bonds is 6. The van der Waals surface area contributed by atoms with Gasteiger partial charge in [-0.1, -0.05) is 41.7 Å². The summed E-state index contributed by atoms with van der Waals surface area (Å²) in [6, 6.07) is 13.2. The molecule has 1 aliphatic rings. The van der Waals surface area contributed by atoms with Crippen molar-refractivity contribution in [2.24, 2.45) is 5.92 Å². The first-order valence-electron chi connectivity index (χ1n) is 9.73. The molecule has 0 saturated carbocycles. The molecule has 2 aromatic carbocycles. The lowest BCUT2D eigenvalue weighted by Crippen LogP contribution is -2.41. The molecule has 1 aliphatic heterocycles. The van der Waals surface area contributed by atoms with Gasteiger partial charge in [-0.15, -0.1) is 10.2 Å². The molecule has 0 radical (unpaired) electrons. The topological polar surface area (TPSA) is 118 Å². The molecule has 31 heavy (non-hydrogen) atoms. The maximum absolute atomic E-state index is 12.7. The molecule has 10 heteroatoms. The van der Waals surface area contributed by atoms with E-state index in [2.05, 4.69) is 15.5 Å². The van der Waals surface area contributed by atoms with E-state index in [4.69, 9.17) is 0 Å². The third kappa shape index (κ3) is 4.58. The van der Waals surface area contributed by atoms with Crippen LogP contribution in [0.3, 0.4) is 0 Å². The summed E-state index contributed by atoms with van der Waals surface area (Å²) in [6.07, 6.45) is 1.40. The summed E-state index contributed by atoms with van der Waals surface area (Å²) in [5.41, 5.74) is 2.51. The fourth-order valence-corrected chi connectivity index (χ4v) is 4.13. The Balaban J connectivity index is 1.56. The number of benzene rings is 2. The van der Waals surface area contributed by atoms with Gasteiger partial charge in [0.25, 0.3) is 5.69 Å². The van der Waals surface area contributed by atoms with Gasteiger partial charge in [0.2, 0.25) is 11.0 Å². The summed E-state index contributed by atoms with van der Waals surface area (Å²) in [6.45, 7) is 0.937. The number of amides is 1. The Bertz CT molecular complexity index is 1100. The fraction of sp³-hybridized carbons (Fsp3) is 0.238. The van der Waals surface area contributed by atoms with Crippen LogP contribution in [0.2, 0.25) is 0 Å². The average molecular weight is 437 g/mol. The maximum Gasteiger partial charge on any atom is 0.293 e. The predicted molar refractivity (Wildman–Crippen MR) is 116 cm³/mol. The zero-order valence-corrected chi connectivity index (χ0v) is 17.2. The van der Waals surface area contributed by atoms with Gasteiger partial charge in [0.15, 0.2) is 5.78 Å². The van der Waals surface area contributed by atoms with E-state index in [-0.39, 0.29) is 28.9 Å². The molecule has 3 aromatic rings. The number of piperidine rings is 1. The summed E-state index contributed by atoms with van der Waals surface area (Å²) in [4.78, 5) is 38.4. The van der Waals surface area contributed by atoms with Gasteiger partial charge in [-0.25, -0.2) is 0 Å². The van der Waals surface area contributed by atoms with Gasteiger partial charge in [0.05, 0.1) is 10.8 Å². The Morgan fingerprint density at radius 1 is 1.16 bits per heavy atom.